The minimum Gasteiger partial charge on any atom is -0.494 e. The van der Waals surface area contributed by atoms with Crippen LogP contribution in [0.5, 0.6) is 11.5 Å². The van der Waals surface area contributed by atoms with Gasteiger partial charge in [-0.15, -0.1) is 0 Å². The highest BCUT2D eigenvalue weighted by Crippen LogP contribution is 2.36. The van der Waals surface area contributed by atoms with Gasteiger partial charge >= 0.3 is 0 Å². The Morgan fingerprint density at radius 2 is 1.50 bits per heavy atom. The molecule has 0 bridgehead atoms. The predicted octanol–water partition coefficient (Wildman–Crippen LogP) is 3.22. The van der Waals surface area contributed by atoms with Crippen molar-refractivity contribution in [2.24, 2.45) is 0 Å². The summed E-state index contributed by atoms with van der Waals surface area (Å²) in [5.41, 5.74) is 2.32. The van der Waals surface area contributed by atoms with Crippen LogP contribution in [0.4, 0.5) is 11.4 Å². The highest BCUT2D eigenvalue weighted by Gasteiger charge is 2.16. The Morgan fingerprint density at radius 3 is 2.04 bits per heavy atom. The van der Waals surface area contributed by atoms with E-state index in [-0.39, 0.29) is 11.8 Å². The average Bonchev–Trinajstić information content (AvgIpc) is 2.55. The summed E-state index contributed by atoms with van der Waals surface area (Å²) in [6, 6.07) is 10.5. The minimum atomic E-state index is -0.259. The Balaban J connectivity index is 2.39. The molecule has 0 aliphatic carbocycles. The molecule has 2 aromatic carbocycles. The van der Waals surface area contributed by atoms with Crippen LogP contribution in [0.1, 0.15) is 22.8 Å². The molecule has 0 radical (unpaired) electrons. The van der Waals surface area contributed by atoms with E-state index in [0.29, 0.717) is 28.4 Å². The maximum absolute atomic E-state index is 12.5. The fourth-order valence-corrected chi connectivity index (χ4v) is 2.30. The zero-order valence-corrected chi connectivity index (χ0v) is 14.1. The van der Waals surface area contributed by atoms with Crippen molar-refractivity contribution in [3.05, 3.63) is 47.5 Å². The molecule has 0 aliphatic heterocycles. The smallest absolute Gasteiger partial charge is 0.256 e. The van der Waals surface area contributed by atoms with Crippen molar-refractivity contribution in [1.82, 2.24) is 0 Å². The lowest BCUT2D eigenvalue weighted by molar-refractivity contribution is -0.114. The lowest BCUT2D eigenvalue weighted by Crippen LogP contribution is -2.15. The van der Waals surface area contributed by atoms with E-state index >= 15 is 0 Å². The van der Waals surface area contributed by atoms with Crippen molar-refractivity contribution in [3.63, 3.8) is 0 Å². The molecule has 0 saturated heterocycles. The van der Waals surface area contributed by atoms with Gasteiger partial charge in [0.1, 0.15) is 11.5 Å². The molecule has 6 heteroatoms. The third kappa shape index (κ3) is 3.84. The van der Waals surface area contributed by atoms with Gasteiger partial charge in [0.25, 0.3) is 5.91 Å². The SMILES string of the molecule is COc1cc(OC)c(NC(=O)c2ccccc2C)cc1NC(C)=O. The molecule has 0 aromatic heterocycles. The first-order chi connectivity index (χ1) is 11.5. The lowest BCUT2D eigenvalue weighted by atomic mass is 10.1. The molecule has 6 nitrogen and oxygen atoms in total. The molecule has 0 heterocycles. The number of carbonyl (C=O) groups is 2. The molecule has 24 heavy (non-hydrogen) atoms. The molecule has 2 rings (SSSR count). The molecule has 0 aliphatic rings. The van der Waals surface area contributed by atoms with E-state index in [9.17, 15) is 9.59 Å². The Bertz CT molecular complexity index is 772. The topological polar surface area (TPSA) is 76.7 Å². The summed E-state index contributed by atoms with van der Waals surface area (Å²) in [5.74, 6) is 0.374. The predicted molar refractivity (Wildman–Crippen MR) is 93.0 cm³/mol. The number of anilines is 2. The van der Waals surface area contributed by atoms with Gasteiger partial charge in [-0.3, -0.25) is 9.59 Å². The molecule has 2 amide bonds. The molecule has 2 aromatic rings. The average molecular weight is 328 g/mol. The van der Waals surface area contributed by atoms with Crippen LogP contribution in [0.15, 0.2) is 36.4 Å². The third-order valence-electron chi connectivity index (χ3n) is 3.47. The van der Waals surface area contributed by atoms with Crippen molar-refractivity contribution in [3.8, 4) is 11.5 Å². The van der Waals surface area contributed by atoms with E-state index in [4.69, 9.17) is 9.47 Å². The summed E-state index contributed by atoms with van der Waals surface area (Å²) >= 11 is 0. The van der Waals surface area contributed by atoms with E-state index < -0.39 is 0 Å². The summed E-state index contributed by atoms with van der Waals surface area (Å²) in [6.07, 6.45) is 0. The summed E-state index contributed by atoms with van der Waals surface area (Å²) < 4.78 is 10.6. The Hall–Kier alpha value is -3.02. The molecule has 0 unspecified atom stereocenters. The van der Waals surface area contributed by atoms with Crippen molar-refractivity contribution >= 4 is 23.2 Å². The Kier molecular flexibility index (Phi) is 5.42. The number of carbonyl (C=O) groups excluding carboxylic acids is 2. The molecular formula is C18H20N2O4. The molecule has 0 fully saturated rings. The largest absolute Gasteiger partial charge is 0.494 e. The fraction of sp³-hybridized carbons (Fsp3) is 0.222. The quantitative estimate of drug-likeness (QED) is 0.883. The van der Waals surface area contributed by atoms with Crippen molar-refractivity contribution in [2.45, 2.75) is 13.8 Å². The minimum absolute atomic E-state index is 0.241. The first-order valence-electron chi connectivity index (χ1n) is 7.37. The molecule has 0 spiro atoms. The van der Waals surface area contributed by atoms with Gasteiger partial charge in [0.2, 0.25) is 5.91 Å². The Morgan fingerprint density at radius 1 is 0.917 bits per heavy atom. The van der Waals surface area contributed by atoms with Gasteiger partial charge in [-0.05, 0) is 24.6 Å². The van der Waals surface area contributed by atoms with Crippen LogP contribution >= 0.6 is 0 Å². The molecule has 0 saturated carbocycles. The molecular weight excluding hydrogens is 308 g/mol. The normalized spacial score (nSPS) is 10.0. The second-order valence-corrected chi connectivity index (χ2v) is 5.20. The number of aryl methyl sites for hydroxylation is 1. The maximum Gasteiger partial charge on any atom is 0.256 e. The van der Waals surface area contributed by atoms with Gasteiger partial charge in [-0.2, -0.15) is 0 Å². The van der Waals surface area contributed by atoms with Crippen LogP contribution < -0.4 is 20.1 Å². The number of amides is 2. The Labute approximate surface area is 140 Å². The maximum atomic E-state index is 12.5. The first kappa shape index (κ1) is 17.3. The highest BCUT2D eigenvalue weighted by atomic mass is 16.5. The summed E-state index contributed by atoms with van der Waals surface area (Å²) in [6.45, 7) is 3.26. The van der Waals surface area contributed by atoms with Crippen LogP contribution in [0.3, 0.4) is 0 Å². The number of hydrogen-bond acceptors (Lipinski definition) is 4. The van der Waals surface area contributed by atoms with Gasteiger partial charge in [0, 0.05) is 18.6 Å². The summed E-state index contributed by atoms with van der Waals surface area (Å²) in [4.78, 5) is 23.9. The van der Waals surface area contributed by atoms with Crippen LogP contribution in [0.25, 0.3) is 0 Å². The molecule has 2 N–H and O–H groups in total. The number of methoxy groups -OCH3 is 2. The number of nitrogens with one attached hydrogen (secondary N) is 2. The number of ether oxygens (including phenoxy) is 2. The van der Waals surface area contributed by atoms with E-state index in [1.807, 2.05) is 19.1 Å². The number of rotatable bonds is 5. The first-order valence-corrected chi connectivity index (χ1v) is 7.37. The van der Waals surface area contributed by atoms with Gasteiger partial charge in [-0.25, -0.2) is 0 Å². The van der Waals surface area contributed by atoms with Crippen LogP contribution in [0.2, 0.25) is 0 Å². The van der Waals surface area contributed by atoms with Gasteiger partial charge in [0.05, 0.1) is 25.6 Å². The zero-order valence-electron chi connectivity index (χ0n) is 14.1. The van der Waals surface area contributed by atoms with E-state index in [1.165, 1.54) is 21.1 Å². The summed E-state index contributed by atoms with van der Waals surface area (Å²) in [5, 5.41) is 5.48. The molecule has 0 atom stereocenters. The standard InChI is InChI=1S/C18H20N2O4/c1-11-7-5-6-8-13(11)18(22)20-15-9-14(19-12(2)21)16(23-3)10-17(15)24-4/h5-10H,1-4H3,(H,19,21)(H,20,22). The second kappa shape index (κ2) is 7.50. The summed E-state index contributed by atoms with van der Waals surface area (Å²) in [7, 11) is 2.99. The number of hydrogen-bond donors (Lipinski definition) is 2. The van der Waals surface area contributed by atoms with E-state index in [2.05, 4.69) is 10.6 Å². The highest BCUT2D eigenvalue weighted by molar-refractivity contribution is 6.06. The van der Waals surface area contributed by atoms with Crippen molar-refractivity contribution < 1.29 is 19.1 Å². The number of benzene rings is 2. The van der Waals surface area contributed by atoms with E-state index in [0.717, 1.165) is 5.56 Å². The van der Waals surface area contributed by atoms with Gasteiger partial charge in [0.15, 0.2) is 0 Å². The van der Waals surface area contributed by atoms with E-state index in [1.54, 1.807) is 24.3 Å². The monoisotopic (exact) mass is 328 g/mol. The second-order valence-electron chi connectivity index (χ2n) is 5.20. The van der Waals surface area contributed by atoms with Crippen molar-refractivity contribution in [2.75, 3.05) is 24.9 Å². The molecule has 126 valence electrons. The lowest BCUT2D eigenvalue weighted by Gasteiger charge is -2.16. The van der Waals surface area contributed by atoms with Crippen LogP contribution in [-0.2, 0) is 4.79 Å². The van der Waals surface area contributed by atoms with Gasteiger partial charge < -0.3 is 20.1 Å². The fourth-order valence-electron chi connectivity index (χ4n) is 2.30. The van der Waals surface area contributed by atoms with Gasteiger partial charge in [-0.1, -0.05) is 18.2 Å². The van der Waals surface area contributed by atoms with Crippen LogP contribution in [0, 0.1) is 6.92 Å². The zero-order chi connectivity index (χ0) is 17.7. The van der Waals surface area contributed by atoms with Crippen LogP contribution in [-0.4, -0.2) is 26.0 Å². The third-order valence-corrected chi connectivity index (χ3v) is 3.47. The van der Waals surface area contributed by atoms with Crippen molar-refractivity contribution in [1.29, 1.82) is 0 Å².